The fraction of sp³-hybridized carbons (Fsp3) is 0.0667. The first kappa shape index (κ1) is 16.0. The first-order valence-electron chi connectivity index (χ1n) is 5.68. The molecule has 4 nitrogen and oxygen atoms in total. The summed E-state index contributed by atoms with van der Waals surface area (Å²) in [4.78, 5) is 23.4. The van der Waals surface area contributed by atoms with Crippen LogP contribution in [-0.4, -0.2) is 22.2 Å². The van der Waals surface area contributed by atoms with Crippen LogP contribution in [0.1, 0.15) is 12.6 Å². The van der Waals surface area contributed by atoms with Gasteiger partial charge in [0.05, 0.1) is 0 Å². The van der Waals surface area contributed by atoms with Crippen LogP contribution >= 0.6 is 0 Å². The molecular weight excluding hydrogens is 251 g/mol. The molecule has 0 saturated heterocycles. The number of carboxylic acid groups (broad SMARTS) is 2. The van der Waals surface area contributed by atoms with Crippen LogP contribution in [0.4, 0.5) is 0 Å². The second-order valence-electron chi connectivity index (χ2n) is 4.09. The minimum absolute atomic E-state index is 0. The number of carbonyl (C=O) groups is 2. The fourth-order valence-electron chi connectivity index (χ4n) is 2.13. The van der Waals surface area contributed by atoms with E-state index in [1.165, 1.54) is 24.3 Å². The van der Waals surface area contributed by atoms with Gasteiger partial charge < -0.3 is 11.6 Å². The van der Waals surface area contributed by atoms with E-state index in [-0.39, 0.29) is 31.4 Å². The fourth-order valence-corrected chi connectivity index (χ4v) is 2.13. The van der Waals surface area contributed by atoms with Crippen LogP contribution in [0.5, 0.6) is 0 Å². The molecule has 0 fully saturated rings. The molecule has 2 aromatic rings. The number of aliphatic carboxylic acids is 2. The summed E-state index contributed by atoms with van der Waals surface area (Å²) in [5, 5.41) is 19.0. The molecule has 0 atom stereocenters. The maximum absolute atomic E-state index is 11.7. The zero-order valence-corrected chi connectivity index (χ0v) is 11.0. The Hall–Kier alpha value is -2.02. The van der Waals surface area contributed by atoms with Crippen LogP contribution < -0.4 is 18.9 Å². The number of hydrogen-bond acceptors (Lipinski definition) is 2. The molecule has 0 amide bonds. The Labute approximate surface area is 129 Å². The summed E-state index contributed by atoms with van der Waals surface area (Å²) < 4.78 is 0. The Morgan fingerprint density at radius 2 is 1.05 bits per heavy atom. The molecule has 0 aliphatic carbocycles. The molecule has 2 rings (SSSR count). The summed E-state index contributed by atoms with van der Waals surface area (Å²) >= 11 is 0. The average Bonchev–Trinajstić information content (AvgIpc) is 2.41. The largest absolute Gasteiger partial charge is 1.00 e. The third-order valence-corrected chi connectivity index (χ3v) is 3.06. The smallest absolute Gasteiger partial charge is 1.00 e. The molecule has 5 heteroatoms. The Morgan fingerprint density at radius 1 is 0.750 bits per heavy atom. The van der Waals surface area contributed by atoms with Crippen molar-refractivity contribution >= 4 is 11.9 Å². The Morgan fingerprint density at radius 3 is 1.30 bits per heavy atom. The number of rotatable bonds is 4. The molecule has 0 aliphatic rings. The van der Waals surface area contributed by atoms with Gasteiger partial charge in [0, 0.05) is 0 Å². The molecule has 0 spiro atoms. The van der Waals surface area contributed by atoms with Gasteiger partial charge in [-0.1, -0.05) is 60.7 Å². The van der Waals surface area contributed by atoms with Crippen molar-refractivity contribution in [3.8, 4) is 0 Å². The van der Waals surface area contributed by atoms with E-state index in [4.69, 9.17) is 0 Å². The molecular formula is C15H13LiO4. The van der Waals surface area contributed by atoms with Crippen molar-refractivity contribution in [2.45, 2.75) is 5.41 Å². The van der Waals surface area contributed by atoms with Crippen molar-refractivity contribution in [1.82, 2.24) is 0 Å². The predicted molar refractivity (Wildman–Crippen MR) is 70.0 cm³/mol. The maximum Gasteiger partial charge on any atom is 1.00 e. The molecule has 98 valence electrons. The quantitative estimate of drug-likeness (QED) is 0.563. The van der Waals surface area contributed by atoms with Gasteiger partial charge >= 0.3 is 30.8 Å². The van der Waals surface area contributed by atoms with Crippen molar-refractivity contribution in [2.75, 3.05) is 0 Å². The topological polar surface area (TPSA) is 74.6 Å². The molecule has 0 aliphatic heterocycles. The Bertz CT molecular complexity index is 546. The van der Waals surface area contributed by atoms with Crippen molar-refractivity contribution in [3.63, 3.8) is 0 Å². The van der Waals surface area contributed by atoms with Gasteiger partial charge in [-0.15, -0.1) is 0 Å². The van der Waals surface area contributed by atoms with Crippen LogP contribution in [0.15, 0.2) is 60.7 Å². The summed E-state index contributed by atoms with van der Waals surface area (Å²) in [6.07, 6.45) is 0. The Balaban J connectivity index is 0.00000200. The average molecular weight is 264 g/mol. The van der Waals surface area contributed by atoms with E-state index in [0.29, 0.717) is 0 Å². The van der Waals surface area contributed by atoms with Gasteiger partial charge in [-0.05, 0) is 11.1 Å². The molecule has 20 heavy (non-hydrogen) atoms. The summed E-state index contributed by atoms with van der Waals surface area (Å²) in [5.41, 5.74) is -1.63. The SMILES string of the molecule is O=C(O)C(C(=O)O)(c1ccccc1)c1ccccc1.[H-].[Li+]. The van der Waals surface area contributed by atoms with Crippen molar-refractivity contribution in [2.24, 2.45) is 0 Å². The van der Waals surface area contributed by atoms with Crippen molar-refractivity contribution < 1.29 is 40.1 Å². The van der Waals surface area contributed by atoms with Gasteiger partial charge in [0.15, 0.2) is 0 Å². The summed E-state index contributed by atoms with van der Waals surface area (Å²) in [5.74, 6) is -2.81. The normalized spacial score (nSPS) is 10.4. The molecule has 2 aromatic carbocycles. The molecule has 0 heterocycles. The zero-order chi connectivity index (χ0) is 13.9. The summed E-state index contributed by atoms with van der Waals surface area (Å²) in [6.45, 7) is 0. The molecule has 0 saturated carbocycles. The predicted octanol–water partition coefficient (Wildman–Crippen LogP) is -0.742. The van der Waals surface area contributed by atoms with E-state index in [0.717, 1.165) is 0 Å². The molecule has 0 unspecified atom stereocenters. The minimum atomic E-state index is -2.08. The van der Waals surface area contributed by atoms with Crippen LogP contribution in [0.3, 0.4) is 0 Å². The van der Waals surface area contributed by atoms with Crippen molar-refractivity contribution in [3.05, 3.63) is 71.8 Å². The molecule has 0 radical (unpaired) electrons. The second kappa shape index (κ2) is 6.42. The zero-order valence-electron chi connectivity index (χ0n) is 12.0. The van der Waals surface area contributed by atoms with Crippen LogP contribution in [0.25, 0.3) is 0 Å². The molecule has 0 bridgehead atoms. The van der Waals surface area contributed by atoms with Gasteiger partial charge in [0.2, 0.25) is 5.41 Å². The van der Waals surface area contributed by atoms with E-state index in [1.54, 1.807) is 36.4 Å². The molecule has 0 aromatic heterocycles. The third kappa shape index (κ3) is 2.49. The molecule has 2 N–H and O–H groups in total. The first-order chi connectivity index (χ1) is 9.10. The second-order valence-corrected chi connectivity index (χ2v) is 4.09. The van der Waals surface area contributed by atoms with Crippen molar-refractivity contribution in [1.29, 1.82) is 0 Å². The van der Waals surface area contributed by atoms with Crippen LogP contribution in [0, 0.1) is 0 Å². The monoisotopic (exact) mass is 264 g/mol. The van der Waals surface area contributed by atoms with E-state index >= 15 is 0 Å². The summed E-state index contributed by atoms with van der Waals surface area (Å²) in [7, 11) is 0. The number of benzene rings is 2. The first-order valence-corrected chi connectivity index (χ1v) is 5.68. The van der Waals surface area contributed by atoms with Gasteiger partial charge in [-0.25, -0.2) is 0 Å². The number of hydrogen-bond donors (Lipinski definition) is 2. The van der Waals surface area contributed by atoms with Gasteiger partial charge in [0.25, 0.3) is 0 Å². The van der Waals surface area contributed by atoms with Gasteiger partial charge in [0.1, 0.15) is 0 Å². The Kier molecular flexibility index (Phi) is 5.15. The summed E-state index contributed by atoms with van der Waals surface area (Å²) in [6, 6.07) is 16.0. The van der Waals surface area contributed by atoms with E-state index < -0.39 is 17.4 Å². The minimum Gasteiger partial charge on any atom is -1.00 e. The number of carboxylic acids is 2. The van der Waals surface area contributed by atoms with E-state index in [9.17, 15) is 19.8 Å². The van der Waals surface area contributed by atoms with Gasteiger partial charge in [-0.2, -0.15) is 0 Å². The maximum atomic E-state index is 11.7. The van der Waals surface area contributed by atoms with E-state index in [2.05, 4.69) is 0 Å². The standard InChI is InChI=1S/C15H12O4.Li.H/c16-13(17)15(14(18)19,11-7-3-1-4-8-11)12-9-5-2-6-10-12;;/h1-10H,(H,16,17)(H,18,19);;/q;+1;-1. The van der Waals surface area contributed by atoms with Gasteiger partial charge in [-0.3, -0.25) is 9.59 Å². The third-order valence-electron chi connectivity index (χ3n) is 3.06. The van der Waals surface area contributed by atoms with E-state index in [1.807, 2.05) is 0 Å². The van der Waals surface area contributed by atoms with Crippen LogP contribution in [-0.2, 0) is 15.0 Å². The van der Waals surface area contributed by atoms with Crippen LogP contribution in [0.2, 0.25) is 0 Å².